The quantitative estimate of drug-likeness (QED) is 0.234. The number of anilines is 1. The number of sulfonamides is 1. The fourth-order valence-corrected chi connectivity index (χ4v) is 8.22. The normalized spacial score (nSPS) is 18.1. The molecule has 11 heteroatoms. The van der Waals surface area contributed by atoms with Crippen LogP contribution in [0.15, 0.2) is 75.4 Å². The molecule has 0 radical (unpaired) electrons. The Labute approximate surface area is 242 Å². The van der Waals surface area contributed by atoms with Crippen LogP contribution in [-0.4, -0.2) is 50.7 Å². The maximum absolute atomic E-state index is 13.1. The summed E-state index contributed by atoms with van der Waals surface area (Å²) in [7, 11) is -0.208. The number of thiophene rings is 1. The number of ether oxygens (including phenoxy) is 2. The van der Waals surface area contributed by atoms with Crippen LogP contribution in [0.4, 0.5) is 5.13 Å². The zero-order chi connectivity index (χ0) is 27.7. The number of rotatable bonds is 8. The number of hydrogen-bond acceptors (Lipinski definition) is 9. The molecule has 2 aromatic carbocycles. The SMILES string of the molecule is COc1ccc([C@@H]2CC(c3cccs3)=NN2c2nc(-c3ccc(S(=O)(=O)N4CCCCC4)cc3)cs2)cc1OC. The van der Waals surface area contributed by atoms with Crippen molar-refractivity contribution in [3.63, 3.8) is 0 Å². The van der Waals surface area contributed by atoms with Crippen LogP contribution >= 0.6 is 22.7 Å². The lowest BCUT2D eigenvalue weighted by Crippen LogP contribution is -2.35. The number of thiazole rings is 1. The number of hydrogen-bond donors (Lipinski definition) is 0. The summed E-state index contributed by atoms with van der Waals surface area (Å²) < 4.78 is 38.8. The van der Waals surface area contributed by atoms with E-state index in [4.69, 9.17) is 19.6 Å². The van der Waals surface area contributed by atoms with Crippen LogP contribution in [0.25, 0.3) is 11.3 Å². The molecular formula is C29H30N4O4S3. The van der Waals surface area contributed by atoms with E-state index in [1.807, 2.05) is 46.8 Å². The first kappa shape index (κ1) is 26.9. The summed E-state index contributed by atoms with van der Waals surface area (Å²) in [4.78, 5) is 6.40. The lowest BCUT2D eigenvalue weighted by atomic mass is 10.0. The summed E-state index contributed by atoms with van der Waals surface area (Å²) in [6.07, 6.45) is 3.64. The number of nitrogens with zero attached hydrogens (tertiary/aromatic N) is 4. The maximum Gasteiger partial charge on any atom is 0.243 e. The minimum atomic E-state index is -3.47. The minimum absolute atomic E-state index is 0.0621. The number of piperidine rings is 1. The topological polar surface area (TPSA) is 84.3 Å². The van der Waals surface area contributed by atoms with Crippen molar-refractivity contribution in [1.29, 1.82) is 0 Å². The highest BCUT2D eigenvalue weighted by Crippen LogP contribution is 2.42. The molecule has 0 N–H and O–H groups in total. The van der Waals surface area contributed by atoms with Crippen LogP contribution in [0, 0.1) is 0 Å². The van der Waals surface area contributed by atoms with Crippen LogP contribution in [0.5, 0.6) is 11.5 Å². The lowest BCUT2D eigenvalue weighted by molar-refractivity contribution is 0.346. The monoisotopic (exact) mass is 594 g/mol. The maximum atomic E-state index is 13.1. The molecule has 2 aromatic heterocycles. The predicted molar refractivity (Wildman–Crippen MR) is 160 cm³/mol. The Balaban J connectivity index is 1.29. The van der Waals surface area contributed by atoms with Gasteiger partial charge in [0.15, 0.2) is 11.5 Å². The smallest absolute Gasteiger partial charge is 0.243 e. The fraction of sp³-hybridized carbons (Fsp3) is 0.310. The molecule has 0 unspecified atom stereocenters. The molecule has 8 nitrogen and oxygen atoms in total. The number of hydrazone groups is 1. The van der Waals surface area contributed by atoms with Crippen LogP contribution in [-0.2, 0) is 10.0 Å². The molecule has 1 saturated heterocycles. The highest BCUT2D eigenvalue weighted by atomic mass is 32.2. The molecule has 208 valence electrons. The summed E-state index contributed by atoms with van der Waals surface area (Å²) in [6.45, 7) is 1.18. The van der Waals surface area contributed by atoms with Crippen LogP contribution in [0.1, 0.15) is 42.2 Å². The van der Waals surface area contributed by atoms with Gasteiger partial charge in [0, 0.05) is 30.5 Å². The highest BCUT2D eigenvalue weighted by molar-refractivity contribution is 7.89. The molecule has 1 atom stereocenters. The molecule has 0 amide bonds. The molecule has 4 aromatic rings. The molecule has 2 aliphatic rings. The molecule has 4 heterocycles. The van der Waals surface area contributed by atoms with E-state index in [1.165, 1.54) is 11.3 Å². The first-order valence-corrected chi connectivity index (χ1v) is 16.4. The van der Waals surface area contributed by atoms with Gasteiger partial charge in [0.2, 0.25) is 15.2 Å². The zero-order valence-electron chi connectivity index (χ0n) is 22.3. The number of aromatic nitrogens is 1. The molecule has 0 aliphatic carbocycles. The van der Waals surface area contributed by atoms with Crippen LogP contribution in [0.3, 0.4) is 0 Å². The van der Waals surface area contributed by atoms with Crippen molar-refractivity contribution in [1.82, 2.24) is 9.29 Å². The van der Waals surface area contributed by atoms with E-state index in [-0.39, 0.29) is 6.04 Å². The number of methoxy groups -OCH3 is 2. The van der Waals surface area contributed by atoms with E-state index in [0.717, 1.165) is 58.2 Å². The van der Waals surface area contributed by atoms with E-state index in [0.29, 0.717) is 29.5 Å². The highest BCUT2D eigenvalue weighted by Gasteiger charge is 2.33. The molecule has 0 bridgehead atoms. The van der Waals surface area contributed by atoms with Gasteiger partial charge in [-0.15, -0.1) is 22.7 Å². The summed E-state index contributed by atoms with van der Waals surface area (Å²) >= 11 is 3.19. The third kappa shape index (κ3) is 5.14. The molecule has 2 aliphatic heterocycles. The van der Waals surface area contributed by atoms with Gasteiger partial charge < -0.3 is 9.47 Å². The third-order valence-electron chi connectivity index (χ3n) is 7.30. The predicted octanol–water partition coefficient (Wildman–Crippen LogP) is 6.42. The Morgan fingerprint density at radius 1 is 0.925 bits per heavy atom. The lowest BCUT2D eigenvalue weighted by Gasteiger charge is -2.25. The van der Waals surface area contributed by atoms with E-state index in [2.05, 4.69) is 11.4 Å². The van der Waals surface area contributed by atoms with Crippen molar-refractivity contribution in [2.75, 3.05) is 32.3 Å². The molecule has 40 heavy (non-hydrogen) atoms. The van der Waals surface area contributed by atoms with Gasteiger partial charge in [-0.1, -0.05) is 30.7 Å². The Kier molecular flexibility index (Phi) is 7.63. The first-order valence-electron chi connectivity index (χ1n) is 13.2. The largest absolute Gasteiger partial charge is 0.493 e. The minimum Gasteiger partial charge on any atom is -0.493 e. The van der Waals surface area contributed by atoms with Crippen molar-refractivity contribution in [3.05, 3.63) is 75.8 Å². The second-order valence-electron chi connectivity index (χ2n) is 9.71. The zero-order valence-corrected chi connectivity index (χ0v) is 24.8. The number of benzene rings is 2. The van der Waals surface area contributed by atoms with Gasteiger partial charge in [-0.3, -0.25) is 0 Å². The Hall–Kier alpha value is -3.25. The fourth-order valence-electron chi connectivity index (χ4n) is 5.15. The third-order valence-corrected chi connectivity index (χ3v) is 11.0. The molecule has 6 rings (SSSR count). The Morgan fingerprint density at radius 2 is 1.70 bits per heavy atom. The van der Waals surface area contributed by atoms with Gasteiger partial charge in [0.25, 0.3) is 0 Å². The van der Waals surface area contributed by atoms with E-state index in [1.54, 1.807) is 42.0 Å². The van der Waals surface area contributed by atoms with Gasteiger partial charge in [0.05, 0.1) is 41.4 Å². The standard InChI is InChI=1S/C29H30N4O4S3/c1-36-26-13-10-21(17-27(26)37-2)25-18-23(28-7-6-16-38-28)31-33(25)29-30-24(19-39-29)20-8-11-22(12-9-20)40(34,35)32-14-4-3-5-15-32/h6-13,16-17,19,25H,3-5,14-15,18H2,1-2H3/t25-/m0/s1. The summed E-state index contributed by atoms with van der Waals surface area (Å²) in [5, 5.41) is 11.8. The van der Waals surface area contributed by atoms with Crippen LogP contribution < -0.4 is 14.5 Å². The van der Waals surface area contributed by atoms with Crippen LogP contribution in [0.2, 0.25) is 0 Å². The van der Waals surface area contributed by atoms with Gasteiger partial charge in [0.1, 0.15) is 0 Å². The van der Waals surface area contributed by atoms with Gasteiger partial charge in [-0.05, 0) is 54.1 Å². The summed E-state index contributed by atoms with van der Waals surface area (Å²) in [5.41, 5.74) is 3.72. The van der Waals surface area contributed by atoms with Crippen molar-refractivity contribution in [3.8, 4) is 22.8 Å². The van der Waals surface area contributed by atoms with E-state index < -0.39 is 10.0 Å². The van der Waals surface area contributed by atoms with Crippen molar-refractivity contribution < 1.29 is 17.9 Å². The van der Waals surface area contributed by atoms with Crippen molar-refractivity contribution in [2.45, 2.75) is 36.6 Å². The Morgan fingerprint density at radius 3 is 2.40 bits per heavy atom. The molecule has 1 fully saturated rings. The average molecular weight is 595 g/mol. The van der Waals surface area contributed by atoms with Crippen molar-refractivity contribution >= 4 is 43.5 Å². The second-order valence-corrected chi connectivity index (χ2v) is 13.4. The summed E-state index contributed by atoms with van der Waals surface area (Å²) in [5.74, 6) is 1.35. The van der Waals surface area contributed by atoms with Gasteiger partial charge in [-0.2, -0.15) is 9.41 Å². The van der Waals surface area contributed by atoms with Crippen molar-refractivity contribution in [2.24, 2.45) is 5.10 Å². The molecule has 0 spiro atoms. The van der Waals surface area contributed by atoms with Gasteiger partial charge in [-0.25, -0.2) is 18.4 Å². The first-order chi connectivity index (χ1) is 19.5. The summed E-state index contributed by atoms with van der Waals surface area (Å²) in [6, 6.07) is 17.1. The van der Waals surface area contributed by atoms with E-state index >= 15 is 0 Å². The van der Waals surface area contributed by atoms with E-state index in [9.17, 15) is 8.42 Å². The van der Waals surface area contributed by atoms with Gasteiger partial charge >= 0.3 is 0 Å². The Bertz CT molecular complexity index is 1610. The second kappa shape index (κ2) is 11.3. The molecule has 0 saturated carbocycles. The average Bonchev–Trinajstić information content (AvgIpc) is 3.78. The molecular weight excluding hydrogens is 565 g/mol.